The first-order valence-electron chi connectivity index (χ1n) is 7.96. The molecular formula is C19H20N2O4. The zero-order chi connectivity index (χ0) is 18.2. The lowest BCUT2D eigenvalue weighted by Gasteiger charge is -2.06. The minimum atomic E-state index is -0.466. The molecule has 1 N–H and O–H groups in total. The van der Waals surface area contributed by atoms with Crippen LogP contribution in [0.1, 0.15) is 24.5 Å². The fourth-order valence-corrected chi connectivity index (χ4v) is 2.14. The lowest BCUT2D eigenvalue weighted by atomic mass is 10.1. The van der Waals surface area contributed by atoms with Gasteiger partial charge in [0.05, 0.1) is 11.5 Å². The molecular weight excluding hydrogens is 320 g/mol. The van der Waals surface area contributed by atoms with Crippen molar-refractivity contribution in [2.24, 2.45) is 0 Å². The number of aryl methyl sites for hydroxylation is 1. The van der Waals surface area contributed by atoms with Gasteiger partial charge >= 0.3 is 0 Å². The summed E-state index contributed by atoms with van der Waals surface area (Å²) in [6.45, 7) is 4.43. The molecule has 2 aromatic carbocycles. The molecule has 0 atom stereocenters. The van der Waals surface area contributed by atoms with Crippen LogP contribution in [0.25, 0.3) is 6.08 Å². The molecule has 6 heteroatoms. The average molecular weight is 340 g/mol. The van der Waals surface area contributed by atoms with Gasteiger partial charge in [0.15, 0.2) is 0 Å². The van der Waals surface area contributed by atoms with Crippen molar-refractivity contribution in [1.82, 2.24) is 0 Å². The van der Waals surface area contributed by atoms with E-state index in [9.17, 15) is 14.9 Å². The minimum Gasteiger partial charge on any atom is -0.494 e. The molecule has 2 rings (SSSR count). The van der Waals surface area contributed by atoms with E-state index in [2.05, 4.69) is 5.32 Å². The van der Waals surface area contributed by atoms with E-state index in [1.54, 1.807) is 13.0 Å². The fourth-order valence-electron chi connectivity index (χ4n) is 2.14. The van der Waals surface area contributed by atoms with Crippen molar-refractivity contribution in [2.45, 2.75) is 20.3 Å². The van der Waals surface area contributed by atoms with Gasteiger partial charge in [0.25, 0.3) is 5.69 Å². The number of hydrogen-bond donors (Lipinski definition) is 1. The molecule has 0 bridgehead atoms. The van der Waals surface area contributed by atoms with E-state index >= 15 is 0 Å². The highest BCUT2D eigenvalue weighted by Gasteiger charge is 2.09. The Kier molecular flexibility index (Phi) is 6.28. The van der Waals surface area contributed by atoms with E-state index in [1.165, 1.54) is 24.3 Å². The van der Waals surface area contributed by atoms with Crippen LogP contribution >= 0.6 is 0 Å². The maximum Gasteiger partial charge on any atom is 0.269 e. The molecule has 0 unspecified atom stereocenters. The summed E-state index contributed by atoms with van der Waals surface area (Å²) in [6, 6.07) is 11.8. The van der Waals surface area contributed by atoms with Gasteiger partial charge in [0.2, 0.25) is 5.91 Å². The van der Waals surface area contributed by atoms with E-state index in [-0.39, 0.29) is 11.6 Å². The fraction of sp³-hybridized carbons (Fsp3) is 0.211. The van der Waals surface area contributed by atoms with Gasteiger partial charge in [-0.15, -0.1) is 0 Å². The molecule has 0 aliphatic heterocycles. The van der Waals surface area contributed by atoms with Crippen LogP contribution in [0.5, 0.6) is 5.75 Å². The van der Waals surface area contributed by atoms with E-state index in [0.29, 0.717) is 17.9 Å². The van der Waals surface area contributed by atoms with Crippen molar-refractivity contribution in [3.05, 3.63) is 69.8 Å². The normalized spacial score (nSPS) is 10.6. The Balaban J connectivity index is 1.97. The van der Waals surface area contributed by atoms with Crippen LogP contribution in [-0.2, 0) is 4.79 Å². The van der Waals surface area contributed by atoms with Gasteiger partial charge in [-0.1, -0.05) is 19.1 Å². The lowest BCUT2D eigenvalue weighted by Crippen LogP contribution is -2.09. The highest BCUT2D eigenvalue weighted by atomic mass is 16.6. The molecule has 25 heavy (non-hydrogen) atoms. The predicted molar refractivity (Wildman–Crippen MR) is 97.7 cm³/mol. The number of amides is 1. The summed E-state index contributed by atoms with van der Waals surface area (Å²) in [6.07, 6.45) is 4.06. The van der Waals surface area contributed by atoms with Crippen molar-refractivity contribution in [3.63, 3.8) is 0 Å². The van der Waals surface area contributed by atoms with Crippen LogP contribution in [0, 0.1) is 17.0 Å². The summed E-state index contributed by atoms with van der Waals surface area (Å²) >= 11 is 0. The number of non-ortho nitro benzene ring substituents is 1. The van der Waals surface area contributed by atoms with Gasteiger partial charge in [-0.2, -0.15) is 0 Å². The van der Waals surface area contributed by atoms with E-state index in [0.717, 1.165) is 17.7 Å². The number of hydrogen-bond acceptors (Lipinski definition) is 4. The monoisotopic (exact) mass is 340 g/mol. The van der Waals surface area contributed by atoms with Crippen LogP contribution in [0.4, 0.5) is 11.4 Å². The van der Waals surface area contributed by atoms with Crippen molar-refractivity contribution in [3.8, 4) is 5.75 Å². The molecule has 2 aromatic rings. The number of ether oxygens (including phenoxy) is 1. The second kappa shape index (κ2) is 8.63. The van der Waals surface area contributed by atoms with Gasteiger partial charge in [-0.3, -0.25) is 14.9 Å². The second-order valence-electron chi connectivity index (χ2n) is 5.50. The van der Waals surface area contributed by atoms with Crippen LogP contribution in [0.15, 0.2) is 48.5 Å². The Hall–Kier alpha value is -3.15. The number of carbonyl (C=O) groups excluding carboxylic acids is 1. The smallest absolute Gasteiger partial charge is 0.269 e. The zero-order valence-electron chi connectivity index (χ0n) is 14.2. The summed E-state index contributed by atoms with van der Waals surface area (Å²) in [4.78, 5) is 22.3. The molecule has 0 aromatic heterocycles. The van der Waals surface area contributed by atoms with Crippen LogP contribution in [-0.4, -0.2) is 17.4 Å². The van der Waals surface area contributed by atoms with Crippen LogP contribution in [0.2, 0.25) is 0 Å². The Labute approximate surface area is 146 Å². The van der Waals surface area contributed by atoms with Gasteiger partial charge in [0.1, 0.15) is 5.75 Å². The Morgan fingerprint density at radius 3 is 2.56 bits per heavy atom. The molecule has 6 nitrogen and oxygen atoms in total. The third-order valence-corrected chi connectivity index (χ3v) is 3.46. The highest BCUT2D eigenvalue weighted by molar-refractivity contribution is 6.02. The number of nitrogens with one attached hydrogen (secondary N) is 1. The number of benzene rings is 2. The quantitative estimate of drug-likeness (QED) is 0.462. The standard InChI is InChI=1S/C19H20N2O4/c1-3-12-25-17-8-4-15(5-9-17)6-11-19(22)20-18-10-7-16(21(23)24)13-14(18)2/h4-11,13H,3,12H2,1-2H3,(H,20,22). The number of anilines is 1. The predicted octanol–water partition coefficient (Wildman–Crippen LogP) is 4.34. The molecule has 1 amide bonds. The van der Waals surface area contributed by atoms with E-state index in [1.807, 2.05) is 31.2 Å². The third-order valence-electron chi connectivity index (χ3n) is 3.46. The highest BCUT2D eigenvalue weighted by Crippen LogP contribution is 2.21. The van der Waals surface area contributed by atoms with Crippen molar-refractivity contribution < 1.29 is 14.5 Å². The molecule has 0 aliphatic rings. The van der Waals surface area contributed by atoms with E-state index < -0.39 is 4.92 Å². The molecule has 0 saturated heterocycles. The SMILES string of the molecule is CCCOc1ccc(C=CC(=O)Nc2ccc([N+](=O)[O-])cc2C)cc1. The summed E-state index contributed by atoms with van der Waals surface area (Å²) in [7, 11) is 0. The van der Waals surface area contributed by atoms with Crippen LogP contribution in [0.3, 0.4) is 0 Å². The average Bonchev–Trinajstić information content (AvgIpc) is 2.60. The molecule has 130 valence electrons. The first kappa shape index (κ1) is 18.2. The van der Waals surface area contributed by atoms with Gasteiger partial charge in [-0.05, 0) is 48.7 Å². The molecule has 0 fully saturated rings. The Bertz CT molecular complexity index is 783. The number of rotatable bonds is 7. The molecule has 0 spiro atoms. The number of nitro groups is 1. The maximum absolute atomic E-state index is 12.0. The van der Waals surface area contributed by atoms with Gasteiger partial charge in [0, 0.05) is 23.9 Å². The zero-order valence-corrected chi connectivity index (χ0v) is 14.2. The lowest BCUT2D eigenvalue weighted by molar-refractivity contribution is -0.384. The molecule has 0 radical (unpaired) electrons. The molecule has 0 saturated carbocycles. The minimum absolute atomic E-state index is 0.00331. The number of nitrogens with zero attached hydrogens (tertiary/aromatic N) is 1. The van der Waals surface area contributed by atoms with Gasteiger partial charge < -0.3 is 10.1 Å². The van der Waals surface area contributed by atoms with Gasteiger partial charge in [-0.25, -0.2) is 0 Å². The summed E-state index contributed by atoms with van der Waals surface area (Å²) in [5.74, 6) is 0.494. The first-order chi connectivity index (χ1) is 12.0. The molecule has 0 aliphatic carbocycles. The largest absolute Gasteiger partial charge is 0.494 e. The Morgan fingerprint density at radius 1 is 1.24 bits per heavy atom. The first-order valence-corrected chi connectivity index (χ1v) is 7.96. The maximum atomic E-state index is 12.0. The summed E-state index contributed by atoms with van der Waals surface area (Å²) in [5.41, 5.74) is 2.05. The third kappa shape index (κ3) is 5.46. The summed E-state index contributed by atoms with van der Waals surface area (Å²) < 4.78 is 5.50. The number of carbonyl (C=O) groups is 1. The summed E-state index contributed by atoms with van der Waals surface area (Å²) in [5, 5.41) is 13.4. The van der Waals surface area contributed by atoms with Crippen molar-refractivity contribution >= 4 is 23.4 Å². The van der Waals surface area contributed by atoms with E-state index in [4.69, 9.17) is 4.74 Å². The Morgan fingerprint density at radius 2 is 1.96 bits per heavy atom. The van der Waals surface area contributed by atoms with Crippen LogP contribution < -0.4 is 10.1 Å². The topological polar surface area (TPSA) is 81.5 Å². The second-order valence-corrected chi connectivity index (χ2v) is 5.50. The van der Waals surface area contributed by atoms with Crippen molar-refractivity contribution in [2.75, 3.05) is 11.9 Å². The van der Waals surface area contributed by atoms with Crippen molar-refractivity contribution in [1.29, 1.82) is 0 Å². The molecule has 0 heterocycles. The number of nitro benzene ring substituents is 1.